The summed E-state index contributed by atoms with van der Waals surface area (Å²) >= 11 is 0. The number of hydrogen-bond acceptors (Lipinski definition) is 6. The molecule has 136 valence electrons. The molecule has 0 bridgehead atoms. The lowest BCUT2D eigenvalue weighted by Gasteiger charge is -2.10. The molecule has 1 N–H and O–H groups in total. The van der Waals surface area contributed by atoms with E-state index in [1.54, 1.807) is 43.6 Å². The number of hydrogen-bond donors (Lipinski definition) is 1. The first-order chi connectivity index (χ1) is 12.2. The second-order valence-electron chi connectivity index (χ2n) is 5.90. The Bertz CT molecular complexity index is 1040. The summed E-state index contributed by atoms with van der Waals surface area (Å²) < 4.78 is 32.6. The molecule has 9 heteroatoms. The van der Waals surface area contributed by atoms with Gasteiger partial charge in [0.2, 0.25) is 15.9 Å². The van der Waals surface area contributed by atoms with Crippen LogP contribution in [0, 0.1) is 20.8 Å². The summed E-state index contributed by atoms with van der Waals surface area (Å²) in [4.78, 5) is 13.0. The largest absolute Gasteiger partial charge is 0.439 e. The monoisotopic (exact) mass is 373 g/mol. The molecular weight excluding hydrogens is 354 g/mol. The summed E-state index contributed by atoms with van der Waals surface area (Å²) in [5.74, 6) is 2.16. The van der Waals surface area contributed by atoms with E-state index in [1.165, 1.54) is 0 Å². The van der Waals surface area contributed by atoms with Crippen LogP contribution in [-0.2, 0) is 10.0 Å². The minimum Gasteiger partial charge on any atom is -0.439 e. The van der Waals surface area contributed by atoms with Crippen molar-refractivity contribution >= 4 is 15.7 Å². The molecule has 2 heterocycles. The number of sulfonamides is 1. The van der Waals surface area contributed by atoms with E-state index in [0.29, 0.717) is 29.0 Å². The predicted octanol–water partition coefficient (Wildman–Crippen LogP) is 2.75. The van der Waals surface area contributed by atoms with Crippen LogP contribution in [-0.4, -0.2) is 34.2 Å². The van der Waals surface area contributed by atoms with Crippen molar-refractivity contribution in [3.8, 4) is 17.4 Å². The molecule has 0 saturated heterocycles. The molecule has 0 aliphatic heterocycles. The third-order valence-electron chi connectivity index (χ3n) is 3.68. The van der Waals surface area contributed by atoms with E-state index >= 15 is 0 Å². The van der Waals surface area contributed by atoms with Gasteiger partial charge in [0.1, 0.15) is 23.7 Å². The fourth-order valence-electron chi connectivity index (χ4n) is 2.36. The topological polar surface area (TPSA) is 99.0 Å². The Hall–Kier alpha value is -2.94. The zero-order chi connectivity index (χ0) is 18.9. The average molecular weight is 373 g/mol. The van der Waals surface area contributed by atoms with Crippen LogP contribution in [0.4, 0.5) is 5.69 Å². The lowest BCUT2D eigenvalue weighted by Crippen LogP contribution is -2.09. The number of nitrogens with one attached hydrogen (secondary N) is 1. The number of imidazole rings is 1. The molecule has 8 nitrogen and oxygen atoms in total. The summed E-state index contributed by atoms with van der Waals surface area (Å²) in [7, 11) is -3.31. The lowest BCUT2D eigenvalue weighted by molar-refractivity contribution is 0.459. The molecule has 0 unspecified atom stereocenters. The van der Waals surface area contributed by atoms with E-state index in [1.807, 2.05) is 18.4 Å². The standard InChI is InChI=1S/C17H19N5O3S/c1-11-12(2)22(10-18-11)16-9-17(20-13(3)19-16)25-15-7-5-14(6-8-15)21-26(4,23)24/h5-10,21H,1-4H3. The van der Waals surface area contributed by atoms with Crippen LogP contribution in [0.25, 0.3) is 5.82 Å². The van der Waals surface area contributed by atoms with Gasteiger partial charge in [-0.2, -0.15) is 4.98 Å². The fraction of sp³-hybridized carbons (Fsp3) is 0.235. The normalized spacial score (nSPS) is 11.4. The third kappa shape index (κ3) is 4.17. The molecule has 3 rings (SSSR count). The van der Waals surface area contributed by atoms with Crippen molar-refractivity contribution in [2.45, 2.75) is 20.8 Å². The Labute approximate surface area is 152 Å². The van der Waals surface area contributed by atoms with E-state index in [9.17, 15) is 8.42 Å². The van der Waals surface area contributed by atoms with Crippen LogP contribution < -0.4 is 9.46 Å². The van der Waals surface area contributed by atoms with Crippen LogP contribution in [0.5, 0.6) is 11.6 Å². The van der Waals surface area contributed by atoms with Crippen molar-refractivity contribution in [3.63, 3.8) is 0 Å². The van der Waals surface area contributed by atoms with Crippen LogP contribution in [0.3, 0.4) is 0 Å². The van der Waals surface area contributed by atoms with E-state index in [0.717, 1.165) is 17.6 Å². The molecule has 26 heavy (non-hydrogen) atoms. The van der Waals surface area contributed by atoms with E-state index in [4.69, 9.17) is 4.74 Å². The fourth-order valence-corrected chi connectivity index (χ4v) is 2.92. The number of nitrogens with zero attached hydrogens (tertiary/aromatic N) is 4. The van der Waals surface area contributed by atoms with Gasteiger partial charge in [-0.1, -0.05) is 0 Å². The summed E-state index contributed by atoms with van der Waals surface area (Å²) in [6, 6.07) is 8.29. The number of aryl methyl sites for hydroxylation is 2. The third-order valence-corrected chi connectivity index (χ3v) is 4.29. The number of anilines is 1. The van der Waals surface area contributed by atoms with Crippen molar-refractivity contribution < 1.29 is 13.2 Å². The molecule has 0 fully saturated rings. The highest BCUT2D eigenvalue weighted by molar-refractivity contribution is 7.92. The first kappa shape index (κ1) is 17.9. The number of aromatic nitrogens is 4. The Balaban J connectivity index is 1.85. The quantitative estimate of drug-likeness (QED) is 0.738. The highest BCUT2D eigenvalue weighted by Gasteiger charge is 2.10. The lowest BCUT2D eigenvalue weighted by atomic mass is 10.3. The molecule has 0 spiro atoms. The first-order valence-electron chi connectivity index (χ1n) is 7.83. The summed E-state index contributed by atoms with van der Waals surface area (Å²) in [5.41, 5.74) is 2.38. The smallest absolute Gasteiger partial charge is 0.229 e. The minimum absolute atomic E-state index is 0.391. The van der Waals surface area contributed by atoms with Gasteiger partial charge in [-0.15, -0.1) is 0 Å². The molecule has 3 aromatic rings. The van der Waals surface area contributed by atoms with E-state index in [-0.39, 0.29) is 0 Å². The van der Waals surface area contributed by atoms with Gasteiger partial charge in [0.15, 0.2) is 0 Å². The van der Waals surface area contributed by atoms with Gasteiger partial charge >= 0.3 is 0 Å². The van der Waals surface area contributed by atoms with Gasteiger partial charge < -0.3 is 4.74 Å². The second-order valence-corrected chi connectivity index (χ2v) is 7.65. The molecule has 0 amide bonds. The van der Waals surface area contributed by atoms with E-state index in [2.05, 4.69) is 19.7 Å². The highest BCUT2D eigenvalue weighted by atomic mass is 32.2. The van der Waals surface area contributed by atoms with Crippen LogP contribution >= 0.6 is 0 Å². The van der Waals surface area contributed by atoms with Crippen molar-refractivity contribution in [1.82, 2.24) is 19.5 Å². The Morgan fingerprint density at radius 1 is 1.08 bits per heavy atom. The Kier molecular flexibility index (Phi) is 4.64. The van der Waals surface area contributed by atoms with Crippen LogP contribution in [0.2, 0.25) is 0 Å². The zero-order valence-corrected chi connectivity index (χ0v) is 15.7. The maximum Gasteiger partial charge on any atom is 0.229 e. The summed E-state index contributed by atoms with van der Waals surface area (Å²) in [6.07, 6.45) is 2.81. The van der Waals surface area contributed by atoms with Gasteiger partial charge in [-0.3, -0.25) is 9.29 Å². The van der Waals surface area contributed by atoms with E-state index < -0.39 is 10.0 Å². The molecular formula is C17H19N5O3S. The molecule has 0 aliphatic carbocycles. The molecule has 0 radical (unpaired) electrons. The highest BCUT2D eigenvalue weighted by Crippen LogP contribution is 2.24. The van der Waals surface area contributed by atoms with Gasteiger partial charge in [-0.05, 0) is 45.0 Å². The predicted molar refractivity (Wildman–Crippen MR) is 98.3 cm³/mol. The maximum absolute atomic E-state index is 11.2. The molecule has 0 saturated carbocycles. The van der Waals surface area contributed by atoms with Crippen molar-refractivity contribution in [3.05, 3.63) is 53.9 Å². The number of benzene rings is 1. The molecule has 0 atom stereocenters. The van der Waals surface area contributed by atoms with Gasteiger partial charge in [-0.25, -0.2) is 18.4 Å². The average Bonchev–Trinajstić information content (AvgIpc) is 2.87. The number of rotatable bonds is 5. The Morgan fingerprint density at radius 2 is 1.77 bits per heavy atom. The van der Waals surface area contributed by atoms with Gasteiger partial charge in [0.25, 0.3) is 0 Å². The first-order valence-corrected chi connectivity index (χ1v) is 9.73. The van der Waals surface area contributed by atoms with Gasteiger partial charge in [0, 0.05) is 17.4 Å². The van der Waals surface area contributed by atoms with Crippen molar-refractivity contribution in [1.29, 1.82) is 0 Å². The van der Waals surface area contributed by atoms with Crippen LogP contribution in [0.1, 0.15) is 17.2 Å². The molecule has 0 aliphatic rings. The molecule has 1 aromatic carbocycles. The maximum atomic E-state index is 11.2. The number of ether oxygens (including phenoxy) is 1. The van der Waals surface area contributed by atoms with Crippen LogP contribution in [0.15, 0.2) is 36.7 Å². The summed E-state index contributed by atoms with van der Waals surface area (Å²) in [6.45, 7) is 5.69. The van der Waals surface area contributed by atoms with Gasteiger partial charge in [0.05, 0.1) is 11.9 Å². The van der Waals surface area contributed by atoms with Crippen molar-refractivity contribution in [2.24, 2.45) is 0 Å². The second kappa shape index (κ2) is 6.75. The molecule has 2 aromatic heterocycles. The summed E-state index contributed by atoms with van der Waals surface area (Å²) in [5, 5.41) is 0. The SMILES string of the molecule is Cc1nc(Oc2ccc(NS(C)(=O)=O)cc2)cc(-n2cnc(C)c2C)n1. The minimum atomic E-state index is -3.31. The zero-order valence-electron chi connectivity index (χ0n) is 14.9. The Morgan fingerprint density at radius 3 is 2.35 bits per heavy atom. The van der Waals surface area contributed by atoms with Crippen molar-refractivity contribution in [2.75, 3.05) is 11.0 Å².